The molecule has 14 nitrogen and oxygen atoms in total. The van der Waals surface area contributed by atoms with Gasteiger partial charge in [0.25, 0.3) is 0 Å². The van der Waals surface area contributed by atoms with E-state index >= 15 is 0 Å². The number of nitrogens with two attached hydrogens (primary N) is 2. The van der Waals surface area contributed by atoms with Gasteiger partial charge in [0.15, 0.2) is 6.04 Å². The van der Waals surface area contributed by atoms with Crippen LogP contribution in [0, 0.1) is 0 Å². The summed E-state index contributed by atoms with van der Waals surface area (Å²) in [6.45, 7) is 2.39. The average Bonchev–Trinajstić information content (AvgIpc) is 3.24. The molecule has 0 spiro atoms. The molecule has 4 amide bonds. The summed E-state index contributed by atoms with van der Waals surface area (Å²) in [5.41, 5.74) is 12.8. The van der Waals surface area contributed by atoms with Crippen molar-refractivity contribution in [3.05, 3.63) is 36.0 Å². The van der Waals surface area contributed by atoms with Crippen molar-refractivity contribution in [3.8, 4) is 0 Å². The zero-order chi connectivity index (χ0) is 28.6. The van der Waals surface area contributed by atoms with Crippen LogP contribution in [0.1, 0.15) is 32.3 Å². The van der Waals surface area contributed by atoms with Crippen molar-refractivity contribution in [1.29, 1.82) is 0 Å². The molecule has 0 fully saturated rings. The van der Waals surface area contributed by atoms with Gasteiger partial charge in [-0.25, -0.2) is 4.79 Å². The third-order valence-electron chi connectivity index (χ3n) is 5.87. The summed E-state index contributed by atoms with van der Waals surface area (Å²) in [4.78, 5) is 64.1. The number of fused-ring (bicyclic) bond motifs is 1. The normalized spacial score (nSPS) is 15.9. The highest BCUT2D eigenvalue weighted by atomic mass is 16.4. The first-order valence-corrected chi connectivity index (χ1v) is 11.9. The summed E-state index contributed by atoms with van der Waals surface area (Å²) in [5.74, 6) is -5.05. The molecule has 1 aromatic carbocycles. The number of aromatic amines is 1. The minimum Gasteiger partial charge on any atom is -0.480 e. The summed E-state index contributed by atoms with van der Waals surface area (Å²) in [6.07, 6.45) is -1.68. The van der Waals surface area contributed by atoms with Gasteiger partial charge in [0.2, 0.25) is 23.6 Å². The van der Waals surface area contributed by atoms with Crippen LogP contribution in [-0.2, 0) is 30.4 Å². The molecule has 0 aliphatic heterocycles. The number of hydrogen-bond donors (Lipinski definition) is 9. The highest BCUT2D eigenvalue weighted by Gasteiger charge is 2.33. The van der Waals surface area contributed by atoms with Crippen LogP contribution in [-0.4, -0.2) is 86.3 Å². The number of para-hydroxylation sites is 1. The van der Waals surface area contributed by atoms with Crippen LogP contribution in [0.2, 0.25) is 0 Å². The maximum atomic E-state index is 13.0. The molecule has 0 radical (unpaired) electrons. The third-order valence-corrected chi connectivity index (χ3v) is 5.87. The van der Waals surface area contributed by atoms with Gasteiger partial charge in [-0.1, -0.05) is 18.2 Å². The Kier molecular flexibility index (Phi) is 10.7. The predicted molar refractivity (Wildman–Crippen MR) is 135 cm³/mol. The molecular formula is C24H34N6O8. The third kappa shape index (κ3) is 8.26. The topological polar surface area (TPSA) is 250 Å². The predicted octanol–water partition coefficient (Wildman–Crippen LogP) is -2.40. The van der Waals surface area contributed by atoms with Crippen molar-refractivity contribution in [2.75, 3.05) is 0 Å². The minimum atomic E-state index is -1.69. The fourth-order valence-electron chi connectivity index (χ4n) is 3.76. The van der Waals surface area contributed by atoms with E-state index in [1.54, 1.807) is 6.20 Å². The number of hydrogen-bond acceptors (Lipinski definition) is 8. The van der Waals surface area contributed by atoms with E-state index in [4.69, 9.17) is 11.5 Å². The van der Waals surface area contributed by atoms with E-state index in [9.17, 15) is 39.3 Å². The molecule has 0 saturated heterocycles. The van der Waals surface area contributed by atoms with Crippen molar-refractivity contribution >= 4 is 40.5 Å². The number of rotatable bonds is 14. The van der Waals surface area contributed by atoms with Gasteiger partial charge in [0.1, 0.15) is 12.1 Å². The minimum absolute atomic E-state index is 0.129. The first-order valence-electron chi connectivity index (χ1n) is 11.9. The molecule has 0 aliphatic carbocycles. The summed E-state index contributed by atoms with van der Waals surface area (Å²) in [7, 11) is 0. The van der Waals surface area contributed by atoms with Crippen molar-refractivity contribution in [2.45, 2.75) is 69.5 Å². The monoisotopic (exact) mass is 534 g/mol. The molecule has 0 aliphatic rings. The Hall–Kier alpha value is -4.01. The molecule has 0 saturated carbocycles. The number of benzene rings is 1. The van der Waals surface area contributed by atoms with Crippen LogP contribution < -0.4 is 27.4 Å². The molecule has 208 valence electrons. The fourth-order valence-corrected chi connectivity index (χ4v) is 3.76. The van der Waals surface area contributed by atoms with Crippen LogP contribution in [0.5, 0.6) is 0 Å². The maximum Gasteiger partial charge on any atom is 0.328 e. The SMILES string of the molecule is CC(O)C(NC(=O)C(CCC(N)=O)NC(=O)C(NC(=O)C(N)Cc1c[nH]c2ccccc12)C(C)O)C(=O)O. The molecule has 11 N–H and O–H groups in total. The number of carboxylic acid groups (broad SMARTS) is 1. The number of aliphatic hydroxyl groups excluding tert-OH is 2. The van der Waals surface area contributed by atoms with E-state index in [2.05, 4.69) is 20.9 Å². The quantitative estimate of drug-likeness (QED) is 0.125. The van der Waals surface area contributed by atoms with Crippen LogP contribution >= 0.6 is 0 Å². The number of carboxylic acids is 1. The molecule has 1 heterocycles. The van der Waals surface area contributed by atoms with Crippen LogP contribution in [0.15, 0.2) is 30.5 Å². The number of aliphatic hydroxyl groups is 2. The number of carbonyl (C=O) groups excluding carboxylic acids is 4. The van der Waals surface area contributed by atoms with E-state index in [0.29, 0.717) is 0 Å². The maximum absolute atomic E-state index is 13.0. The van der Waals surface area contributed by atoms with Gasteiger partial charge in [-0.05, 0) is 38.3 Å². The number of aliphatic carboxylic acids is 1. The number of nitrogens with one attached hydrogen (secondary N) is 4. The lowest BCUT2D eigenvalue weighted by Gasteiger charge is -2.26. The van der Waals surface area contributed by atoms with Gasteiger partial charge < -0.3 is 47.7 Å². The Bertz CT molecular complexity index is 1160. The molecule has 6 atom stereocenters. The molecular weight excluding hydrogens is 500 g/mol. The first-order chi connectivity index (χ1) is 17.8. The van der Waals surface area contributed by atoms with Gasteiger partial charge in [-0.15, -0.1) is 0 Å². The number of aromatic nitrogens is 1. The molecule has 14 heteroatoms. The average molecular weight is 535 g/mol. The van der Waals surface area contributed by atoms with E-state index in [0.717, 1.165) is 23.4 Å². The summed E-state index contributed by atoms with van der Waals surface area (Å²) < 4.78 is 0. The second-order valence-corrected chi connectivity index (χ2v) is 9.03. The van der Waals surface area contributed by atoms with Crippen molar-refractivity contribution < 1.29 is 39.3 Å². The van der Waals surface area contributed by atoms with Crippen LogP contribution in [0.25, 0.3) is 10.9 Å². The van der Waals surface area contributed by atoms with E-state index in [1.165, 1.54) is 6.92 Å². The summed E-state index contributed by atoms with van der Waals surface area (Å²) in [5, 5.41) is 36.6. The second kappa shape index (κ2) is 13.5. The van der Waals surface area contributed by atoms with Gasteiger partial charge in [-0.3, -0.25) is 19.2 Å². The van der Waals surface area contributed by atoms with Crippen LogP contribution in [0.3, 0.4) is 0 Å². The molecule has 2 aromatic rings. The Morgan fingerprint density at radius 2 is 1.53 bits per heavy atom. The van der Waals surface area contributed by atoms with Gasteiger partial charge in [-0.2, -0.15) is 0 Å². The molecule has 1 aromatic heterocycles. The lowest BCUT2D eigenvalue weighted by atomic mass is 10.0. The molecule has 38 heavy (non-hydrogen) atoms. The van der Waals surface area contributed by atoms with E-state index in [-0.39, 0.29) is 19.3 Å². The Labute approximate surface area is 218 Å². The Morgan fingerprint density at radius 3 is 2.11 bits per heavy atom. The van der Waals surface area contributed by atoms with Crippen LogP contribution in [0.4, 0.5) is 0 Å². The second-order valence-electron chi connectivity index (χ2n) is 9.03. The van der Waals surface area contributed by atoms with Gasteiger partial charge in [0.05, 0.1) is 18.2 Å². The first kappa shape index (κ1) is 30.2. The highest BCUT2D eigenvalue weighted by molar-refractivity contribution is 5.95. The zero-order valence-corrected chi connectivity index (χ0v) is 21.0. The highest BCUT2D eigenvalue weighted by Crippen LogP contribution is 2.18. The number of primary amides is 1. The standard InChI is InChI=1S/C24H34N6O8/c1-11(31)19(29-21(34)15(25)9-13-10-27-16-6-4-3-5-14(13)16)23(36)28-17(7-8-18(26)33)22(35)30-20(12(2)32)24(37)38/h3-6,10-12,15,17,19-20,27,31-32H,7-9,25H2,1-2H3,(H2,26,33)(H,28,36)(H,29,34)(H,30,35)(H,37,38). The molecule has 6 unspecified atom stereocenters. The zero-order valence-electron chi connectivity index (χ0n) is 21.0. The Balaban J connectivity index is 2.12. The molecule has 2 rings (SSSR count). The van der Waals surface area contributed by atoms with E-state index in [1.807, 2.05) is 24.3 Å². The van der Waals surface area contributed by atoms with E-state index < -0.39 is 66.0 Å². The molecule has 0 bridgehead atoms. The van der Waals surface area contributed by atoms with Crippen molar-refractivity contribution in [1.82, 2.24) is 20.9 Å². The van der Waals surface area contributed by atoms with Crippen molar-refractivity contribution in [3.63, 3.8) is 0 Å². The smallest absolute Gasteiger partial charge is 0.328 e. The number of carbonyl (C=O) groups is 5. The number of H-pyrrole nitrogens is 1. The Morgan fingerprint density at radius 1 is 0.921 bits per heavy atom. The summed E-state index contributed by atoms with van der Waals surface area (Å²) in [6, 6.07) is 1.64. The number of amides is 4. The van der Waals surface area contributed by atoms with Crippen molar-refractivity contribution in [2.24, 2.45) is 11.5 Å². The lowest BCUT2D eigenvalue weighted by molar-refractivity contribution is -0.145. The van der Waals surface area contributed by atoms with Gasteiger partial charge in [0, 0.05) is 23.5 Å². The summed E-state index contributed by atoms with van der Waals surface area (Å²) >= 11 is 0. The lowest BCUT2D eigenvalue weighted by Crippen LogP contribution is -2.60. The fraction of sp³-hybridized carbons (Fsp3) is 0.458. The van der Waals surface area contributed by atoms with Gasteiger partial charge >= 0.3 is 5.97 Å². The largest absolute Gasteiger partial charge is 0.480 e.